The summed E-state index contributed by atoms with van der Waals surface area (Å²) in [6.07, 6.45) is -12.8. The number of ether oxygens (including phenoxy) is 1. The van der Waals surface area contributed by atoms with E-state index in [4.69, 9.17) is 8.42 Å². The fourth-order valence-electron chi connectivity index (χ4n) is 2.65. The summed E-state index contributed by atoms with van der Waals surface area (Å²) in [5.41, 5.74) is -3.81. The van der Waals surface area contributed by atoms with Crippen molar-refractivity contribution in [3.05, 3.63) is 0 Å². The fourth-order valence-corrected chi connectivity index (χ4v) is 2.65. The molecule has 3 nitrogen and oxygen atoms in total. The molecule has 0 radical (unpaired) electrons. The first-order valence-corrected chi connectivity index (χ1v) is 9.20. The van der Waals surface area contributed by atoms with Crippen LogP contribution in [-0.2, 0) is 15.0 Å². The van der Waals surface area contributed by atoms with Crippen molar-refractivity contribution in [2.75, 3.05) is 12.9 Å². The van der Waals surface area contributed by atoms with Crippen molar-refractivity contribution in [2.45, 2.75) is 56.4 Å². The largest absolute Gasteiger partial charge is 0.388 e. The van der Waals surface area contributed by atoms with E-state index >= 15 is 0 Å². The van der Waals surface area contributed by atoms with Crippen LogP contribution in [0.2, 0.25) is 0 Å². The maximum absolute atomic E-state index is 14.0. The Kier molecular flexibility index (Phi) is 7.86. The molecule has 0 spiro atoms. The van der Waals surface area contributed by atoms with Crippen LogP contribution in [0.3, 0.4) is 0 Å². The summed E-state index contributed by atoms with van der Waals surface area (Å²) < 4.78 is 165. The van der Waals surface area contributed by atoms with Gasteiger partial charge in [0.2, 0.25) is 0 Å². The Balaban J connectivity index is 0.00000129. The minimum Gasteiger partial charge on any atom is -0.253 e. The number of hydrogen-bond donors (Lipinski definition) is 0. The molecule has 1 saturated carbocycles. The van der Waals surface area contributed by atoms with E-state index in [0.29, 0.717) is 6.26 Å². The molecule has 0 aliphatic heterocycles. The molecular weight excluding hydrogens is 445 g/mol. The molecule has 1 aliphatic rings. The van der Waals surface area contributed by atoms with Crippen LogP contribution in [0, 0.1) is 11.8 Å². The van der Waals surface area contributed by atoms with Gasteiger partial charge in [0.05, 0.1) is 6.26 Å². The number of alkyl halides is 10. The lowest BCUT2D eigenvalue weighted by molar-refractivity contribution is -0.447. The topological polar surface area (TPSA) is 43.4 Å². The zero-order valence-corrected chi connectivity index (χ0v) is 15.4. The smallest absolute Gasteiger partial charge is 0.253 e. The normalized spacial score (nSPS) is 30.4. The Morgan fingerprint density at radius 2 is 1.46 bits per heavy atom. The third-order valence-electron chi connectivity index (χ3n) is 3.89. The average Bonchev–Trinajstić information content (AvgIpc) is 2.39. The van der Waals surface area contributed by atoms with Gasteiger partial charge in [0.25, 0.3) is 22.1 Å². The minimum absolute atomic E-state index is 0.126. The molecule has 0 aromatic rings. The highest BCUT2D eigenvalue weighted by atomic mass is 32.3. The lowest BCUT2D eigenvalue weighted by Gasteiger charge is -2.50. The van der Waals surface area contributed by atoms with Crippen molar-refractivity contribution in [3.8, 4) is 0 Å². The Hall–Kier alpha value is -0.860. The molecule has 170 valence electrons. The Morgan fingerprint density at radius 3 is 1.79 bits per heavy atom. The van der Waals surface area contributed by atoms with Gasteiger partial charge in [-0.2, -0.15) is 26.0 Å². The SMILES string of the molecule is CCC1CC(C)(F)C(F)(F)C(C(F)(F)OC(F)(F)CF)C1(F)F.CS(=O)(=O)F. The standard InChI is InChI=1S/C12H14F10O.CH3FO2S/c1-3-6-4-8(2,14)11(19,20)7(10(6,17)18)12(21,22)23-9(15,16)5-13;1-5(2,3)4/h6-7H,3-5H2,1-2H3;1H3. The Morgan fingerprint density at radius 1 is 1.07 bits per heavy atom. The molecule has 0 amide bonds. The van der Waals surface area contributed by atoms with Crippen molar-refractivity contribution < 1.29 is 60.9 Å². The minimum atomic E-state index is -5.87. The van der Waals surface area contributed by atoms with Gasteiger partial charge in [-0.25, -0.2) is 26.3 Å². The molecule has 3 atom stereocenters. The Bertz CT molecular complexity index is 626. The summed E-state index contributed by atoms with van der Waals surface area (Å²) >= 11 is 0. The van der Waals surface area contributed by atoms with Crippen LogP contribution in [0.4, 0.5) is 47.8 Å². The molecular formula is C13H17F11O3S. The molecule has 0 heterocycles. The highest BCUT2D eigenvalue weighted by Crippen LogP contribution is 2.62. The van der Waals surface area contributed by atoms with Gasteiger partial charge in [0.15, 0.2) is 18.3 Å². The average molecular weight is 462 g/mol. The van der Waals surface area contributed by atoms with Crippen LogP contribution in [-0.4, -0.2) is 51.1 Å². The van der Waals surface area contributed by atoms with Gasteiger partial charge < -0.3 is 0 Å². The lowest BCUT2D eigenvalue weighted by atomic mass is 9.67. The third kappa shape index (κ3) is 6.32. The zero-order valence-electron chi connectivity index (χ0n) is 14.6. The van der Waals surface area contributed by atoms with Crippen LogP contribution in [0.15, 0.2) is 0 Å². The van der Waals surface area contributed by atoms with E-state index in [1.54, 1.807) is 0 Å². The van der Waals surface area contributed by atoms with E-state index in [1.807, 2.05) is 0 Å². The fraction of sp³-hybridized carbons (Fsp3) is 1.00. The molecule has 3 unspecified atom stereocenters. The van der Waals surface area contributed by atoms with Crippen molar-refractivity contribution in [3.63, 3.8) is 0 Å². The molecule has 1 aliphatic carbocycles. The summed E-state index contributed by atoms with van der Waals surface area (Å²) in [6.45, 7) is -1.71. The van der Waals surface area contributed by atoms with E-state index in [-0.39, 0.29) is 6.92 Å². The maximum atomic E-state index is 14.0. The quantitative estimate of drug-likeness (QED) is 0.421. The van der Waals surface area contributed by atoms with Gasteiger partial charge in [-0.05, 0) is 19.8 Å². The summed E-state index contributed by atoms with van der Waals surface area (Å²) in [4.78, 5) is 0. The maximum Gasteiger partial charge on any atom is 0.388 e. The second-order valence-corrected chi connectivity index (χ2v) is 7.72. The monoisotopic (exact) mass is 462 g/mol. The van der Waals surface area contributed by atoms with Gasteiger partial charge >= 0.3 is 12.2 Å². The van der Waals surface area contributed by atoms with Gasteiger partial charge in [-0.3, -0.25) is 4.74 Å². The number of rotatable bonds is 5. The molecule has 0 N–H and O–H groups in total. The van der Waals surface area contributed by atoms with Crippen molar-refractivity contribution in [1.82, 2.24) is 0 Å². The first-order valence-electron chi connectivity index (χ1n) is 7.41. The summed E-state index contributed by atoms with van der Waals surface area (Å²) in [5, 5.41) is 0. The van der Waals surface area contributed by atoms with Gasteiger partial charge in [-0.1, -0.05) is 6.92 Å². The zero-order chi connectivity index (χ0) is 23.0. The van der Waals surface area contributed by atoms with Gasteiger partial charge in [0.1, 0.15) is 0 Å². The van der Waals surface area contributed by atoms with E-state index in [2.05, 4.69) is 4.74 Å². The van der Waals surface area contributed by atoms with Crippen LogP contribution in [0.1, 0.15) is 26.7 Å². The third-order valence-corrected chi connectivity index (χ3v) is 3.89. The molecule has 0 bridgehead atoms. The van der Waals surface area contributed by atoms with E-state index in [1.165, 1.54) is 0 Å². The molecule has 1 fully saturated rings. The van der Waals surface area contributed by atoms with E-state index < -0.39 is 71.3 Å². The van der Waals surface area contributed by atoms with Crippen LogP contribution in [0.25, 0.3) is 0 Å². The van der Waals surface area contributed by atoms with Crippen LogP contribution < -0.4 is 0 Å². The summed E-state index contributed by atoms with van der Waals surface area (Å²) in [5.74, 6) is -17.1. The van der Waals surface area contributed by atoms with Crippen molar-refractivity contribution in [1.29, 1.82) is 0 Å². The predicted octanol–water partition coefficient (Wildman–Crippen LogP) is 5.12. The molecule has 0 saturated heterocycles. The molecule has 15 heteroatoms. The summed E-state index contributed by atoms with van der Waals surface area (Å²) in [6, 6.07) is 0. The molecule has 28 heavy (non-hydrogen) atoms. The Labute approximate surface area is 153 Å². The van der Waals surface area contributed by atoms with Gasteiger partial charge in [-0.15, -0.1) is 3.89 Å². The molecule has 0 aromatic carbocycles. The van der Waals surface area contributed by atoms with Crippen molar-refractivity contribution in [2.24, 2.45) is 11.8 Å². The molecule has 0 aromatic heterocycles. The number of hydrogen-bond acceptors (Lipinski definition) is 3. The summed E-state index contributed by atoms with van der Waals surface area (Å²) in [7, 11) is -4.17. The second-order valence-electron chi connectivity index (χ2n) is 6.35. The van der Waals surface area contributed by atoms with Crippen LogP contribution >= 0.6 is 0 Å². The van der Waals surface area contributed by atoms with E-state index in [0.717, 1.165) is 6.92 Å². The highest BCUT2D eigenvalue weighted by molar-refractivity contribution is 7.85. The van der Waals surface area contributed by atoms with Crippen molar-refractivity contribution >= 4 is 10.2 Å². The number of halogens is 11. The van der Waals surface area contributed by atoms with Gasteiger partial charge in [0, 0.05) is 5.92 Å². The lowest BCUT2D eigenvalue weighted by Crippen LogP contribution is -2.68. The first kappa shape index (κ1) is 27.1. The first-order chi connectivity index (χ1) is 12.0. The predicted molar refractivity (Wildman–Crippen MR) is 74.2 cm³/mol. The molecule has 1 rings (SSSR count). The highest BCUT2D eigenvalue weighted by Gasteiger charge is 2.79. The second kappa shape index (κ2) is 8.11. The van der Waals surface area contributed by atoms with E-state index in [9.17, 15) is 47.8 Å². The van der Waals surface area contributed by atoms with Crippen LogP contribution in [0.5, 0.6) is 0 Å².